The number of H-pyrrole nitrogens is 1. The highest BCUT2D eigenvalue weighted by Gasteiger charge is 2.05. The summed E-state index contributed by atoms with van der Waals surface area (Å²) in [6.07, 6.45) is 2.33. The second-order valence-corrected chi connectivity index (χ2v) is 6.12. The molecule has 132 valence electrons. The van der Waals surface area contributed by atoms with Crippen LogP contribution in [0.15, 0.2) is 15.8 Å². The lowest BCUT2D eigenvalue weighted by atomic mass is 10.1. The van der Waals surface area contributed by atoms with Gasteiger partial charge in [-0.2, -0.15) is 0 Å². The van der Waals surface area contributed by atoms with E-state index in [-0.39, 0.29) is 30.7 Å². The molecule has 0 atom stereocenters. The van der Waals surface area contributed by atoms with Crippen molar-refractivity contribution in [3.8, 4) is 11.8 Å². The Morgan fingerprint density at radius 3 is 2.67 bits per heavy atom. The topological polar surface area (TPSA) is 93.2 Å². The maximum absolute atomic E-state index is 11.7. The summed E-state index contributed by atoms with van der Waals surface area (Å²) in [6.45, 7) is 8.47. The zero-order chi connectivity index (χ0) is 18.1. The Kier molecular flexibility index (Phi) is 7.99. The van der Waals surface area contributed by atoms with Gasteiger partial charge in [0.25, 0.3) is 5.56 Å². The molecule has 1 aromatic heterocycles. The van der Waals surface area contributed by atoms with Crippen LogP contribution < -0.4 is 16.6 Å². The van der Waals surface area contributed by atoms with E-state index in [1.54, 1.807) is 0 Å². The normalized spacial score (nSPS) is 10.6. The lowest BCUT2D eigenvalue weighted by Crippen LogP contribution is -2.32. The second kappa shape index (κ2) is 9.73. The number of carbonyl (C=O) groups is 1. The fourth-order valence-corrected chi connectivity index (χ4v) is 1.78. The zero-order valence-corrected chi connectivity index (χ0v) is 14.6. The molecule has 7 nitrogen and oxygen atoms in total. The fraction of sp³-hybridized carbons (Fsp3) is 0.588. The van der Waals surface area contributed by atoms with Crippen molar-refractivity contribution in [3.05, 3.63) is 32.6 Å². The number of aromatic nitrogens is 2. The molecule has 1 heterocycles. The van der Waals surface area contributed by atoms with Crippen molar-refractivity contribution in [3.63, 3.8) is 0 Å². The first-order valence-electron chi connectivity index (χ1n) is 8.00. The summed E-state index contributed by atoms with van der Waals surface area (Å²) < 4.78 is 6.64. The summed E-state index contributed by atoms with van der Waals surface area (Å²) in [4.78, 5) is 37.1. The number of amides is 1. The van der Waals surface area contributed by atoms with Crippen LogP contribution in [0.2, 0.25) is 0 Å². The van der Waals surface area contributed by atoms with E-state index in [0.29, 0.717) is 12.5 Å². The van der Waals surface area contributed by atoms with Gasteiger partial charge in [-0.05, 0) is 26.2 Å². The molecule has 0 bridgehead atoms. The van der Waals surface area contributed by atoms with Crippen molar-refractivity contribution in [2.24, 2.45) is 5.92 Å². The molecule has 0 saturated heterocycles. The van der Waals surface area contributed by atoms with Crippen molar-refractivity contribution >= 4 is 5.91 Å². The highest BCUT2D eigenvalue weighted by molar-refractivity contribution is 5.77. The molecule has 1 amide bonds. The second-order valence-electron chi connectivity index (χ2n) is 6.12. The minimum atomic E-state index is -0.534. The molecule has 0 radical (unpaired) electrons. The zero-order valence-electron chi connectivity index (χ0n) is 14.6. The largest absolute Gasteiger partial charge is 0.372 e. The number of rotatable bonds is 7. The lowest BCUT2D eigenvalue weighted by molar-refractivity contribution is -0.125. The number of carbonyl (C=O) groups excluding carboxylic acids is 1. The Labute approximate surface area is 141 Å². The highest BCUT2D eigenvalue weighted by atomic mass is 16.5. The van der Waals surface area contributed by atoms with Crippen molar-refractivity contribution in [2.45, 2.75) is 40.2 Å². The first-order chi connectivity index (χ1) is 11.3. The van der Waals surface area contributed by atoms with Gasteiger partial charge in [0.05, 0.1) is 6.54 Å². The van der Waals surface area contributed by atoms with Crippen LogP contribution in [0.1, 0.15) is 45.7 Å². The molecule has 1 aromatic rings. The summed E-state index contributed by atoms with van der Waals surface area (Å²) in [7, 11) is 0. The van der Waals surface area contributed by atoms with Crippen LogP contribution in [0.4, 0.5) is 0 Å². The number of ether oxygens (including phenoxy) is 1. The molecule has 24 heavy (non-hydrogen) atoms. The summed E-state index contributed by atoms with van der Waals surface area (Å²) in [6, 6.07) is -0.0856. The summed E-state index contributed by atoms with van der Waals surface area (Å²) >= 11 is 0. The Hall–Kier alpha value is -2.33. The predicted octanol–water partition coefficient (Wildman–Crippen LogP) is 0.648. The average molecular weight is 335 g/mol. The van der Waals surface area contributed by atoms with Gasteiger partial charge < -0.3 is 10.1 Å². The van der Waals surface area contributed by atoms with Gasteiger partial charge in [0.2, 0.25) is 5.91 Å². The van der Waals surface area contributed by atoms with Crippen molar-refractivity contribution in [2.75, 3.05) is 19.8 Å². The monoisotopic (exact) mass is 335 g/mol. The van der Waals surface area contributed by atoms with E-state index in [4.69, 9.17) is 4.74 Å². The summed E-state index contributed by atoms with van der Waals surface area (Å²) in [5.74, 6) is 5.64. The van der Waals surface area contributed by atoms with Crippen molar-refractivity contribution in [1.82, 2.24) is 14.9 Å². The van der Waals surface area contributed by atoms with Gasteiger partial charge in [-0.3, -0.25) is 19.1 Å². The Balaban J connectivity index is 2.52. The molecule has 2 N–H and O–H groups in total. The van der Waals surface area contributed by atoms with Crippen LogP contribution >= 0.6 is 0 Å². The minimum absolute atomic E-state index is 0.00673. The standard InChI is InChI=1S/C17H25N3O4/c1-12(2)7-9-24-11-15(21)18-8-5-6-14-10-20(13(3)4)17(23)19-16(14)22/h10,12-13H,7-9,11H2,1-4H3,(H,18,21)(H,19,22,23). The number of nitrogens with one attached hydrogen (secondary N) is 2. The molecule has 0 spiro atoms. The number of nitrogens with zero attached hydrogens (tertiary/aromatic N) is 1. The SMILES string of the molecule is CC(C)CCOCC(=O)NCC#Cc1cn(C(C)C)c(=O)[nH]c1=O. The van der Waals surface area contributed by atoms with Gasteiger partial charge in [-0.1, -0.05) is 25.7 Å². The quantitative estimate of drug-likeness (QED) is 0.565. The molecule has 1 rings (SSSR count). The Bertz CT molecular complexity index is 720. The first kappa shape index (κ1) is 19.7. The van der Waals surface area contributed by atoms with E-state index in [0.717, 1.165) is 6.42 Å². The van der Waals surface area contributed by atoms with Crippen LogP contribution in [-0.2, 0) is 9.53 Å². The lowest BCUT2D eigenvalue weighted by Gasteiger charge is -2.08. The van der Waals surface area contributed by atoms with Crippen LogP contribution in [0, 0.1) is 17.8 Å². The van der Waals surface area contributed by atoms with Gasteiger partial charge >= 0.3 is 5.69 Å². The van der Waals surface area contributed by atoms with Crippen molar-refractivity contribution < 1.29 is 9.53 Å². The third kappa shape index (κ3) is 6.84. The number of hydrogen-bond acceptors (Lipinski definition) is 4. The summed E-state index contributed by atoms with van der Waals surface area (Å²) in [5, 5.41) is 2.59. The predicted molar refractivity (Wildman–Crippen MR) is 91.9 cm³/mol. The van der Waals surface area contributed by atoms with Gasteiger partial charge in [-0.25, -0.2) is 4.79 Å². The fourth-order valence-electron chi connectivity index (χ4n) is 1.78. The molecule has 0 fully saturated rings. The number of aromatic amines is 1. The average Bonchev–Trinajstić information content (AvgIpc) is 2.49. The third-order valence-corrected chi connectivity index (χ3v) is 3.19. The van der Waals surface area contributed by atoms with E-state index < -0.39 is 11.2 Å². The van der Waals surface area contributed by atoms with E-state index in [2.05, 4.69) is 36.0 Å². The van der Waals surface area contributed by atoms with Gasteiger partial charge in [0.1, 0.15) is 12.2 Å². The molecule has 0 aliphatic heterocycles. The van der Waals surface area contributed by atoms with Crippen LogP contribution in [0.5, 0.6) is 0 Å². The van der Waals surface area contributed by atoms with Gasteiger partial charge in [0.15, 0.2) is 0 Å². The van der Waals surface area contributed by atoms with Crippen LogP contribution in [0.3, 0.4) is 0 Å². The molecule has 0 aliphatic rings. The third-order valence-electron chi connectivity index (χ3n) is 3.19. The molecule has 0 aromatic carbocycles. The minimum Gasteiger partial charge on any atom is -0.372 e. The molecule has 0 unspecified atom stereocenters. The summed E-state index contributed by atoms with van der Waals surface area (Å²) in [5.41, 5.74) is -0.814. The van der Waals surface area contributed by atoms with Crippen molar-refractivity contribution in [1.29, 1.82) is 0 Å². The number of hydrogen-bond donors (Lipinski definition) is 2. The molecular weight excluding hydrogens is 310 g/mol. The first-order valence-corrected chi connectivity index (χ1v) is 8.00. The van der Waals surface area contributed by atoms with Gasteiger partial charge in [-0.15, -0.1) is 0 Å². The Morgan fingerprint density at radius 1 is 1.33 bits per heavy atom. The highest BCUT2D eigenvalue weighted by Crippen LogP contribution is 1.99. The molecular formula is C17H25N3O4. The molecule has 0 saturated carbocycles. The van der Waals surface area contributed by atoms with E-state index in [9.17, 15) is 14.4 Å². The van der Waals surface area contributed by atoms with Gasteiger partial charge in [0, 0.05) is 18.8 Å². The molecule has 0 aliphatic carbocycles. The van der Waals surface area contributed by atoms with Crippen LogP contribution in [-0.4, -0.2) is 35.2 Å². The Morgan fingerprint density at radius 2 is 2.04 bits per heavy atom. The maximum Gasteiger partial charge on any atom is 0.328 e. The van der Waals surface area contributed by atoms with Crippen LogP contribution in [0.25, 0.3) is 0 Å². The maximum atomic E-state index is 11.7. The smallest absolute Gasteiger partial charge is 0.328 e. The van der Waals surface area contributed by atoms with E-state index in [1.807, 2.05) is 13.8 Å². The van der Waals surface area contributed by atoms with E-state index in [1.165, 1.54) is 10.8 Å². The van der Waals surface area contributed by atoms with E-state index >= 15 is 0 Å². The molecule has 7 heteroatoms.